The molecule has 18 heavy (non-hydrogen) atoms. The molecule has 0 heterocycles. The molecule has 0 nitrogen and oxygen atoms in total. The van der Waals surface area contributed by atoms with E-state index in [2.05, 4.69) is 53.8 Å². The summed E-state index contributed by atoms with van der Waals surface area (Å²) in [7, 11) is 0. The van der Waals surface area contributed by atoms with Gasteiger partial charge in [-0.3, -0.25) is 0 Å². The molecule has 0 atom stereocenters. The molecule has 92 valence electrons. The van der Waals surface area contributed by atoms with Gasteiger partial charge in [-0.15, -0.1) is 0 Å². The highest BCUT2D eigenvalue weighted by molar-refractivity contribution is 9.12. The fourth-order valence-electron chi connectivity index (χ4n) is 1.86. The molecule has 1 heteroatoms. The third kappa shape index (κ3) is 3.62. The van der Waals surface area contributed by atoms with Crippen LogP contribution in [0.1, 0.15) is 32.3 Å². The molecular formula is C17H17Br. The van der Waals surface area contributed by atoms with Gasteiger partial charge in [-0.2, -0.15) is 0 Å². The summed E-state index contributed by atoms with van der Waals surface area (Å²) in [6.45, 7) is 4.54. The van der Waals surface area contributed by atoms with Gasteiger partial charge in [0.15, 0.2) is 0 Å². The number of hydrogen-bond donors (Lipinski definition) is 0. The summed E-state index contributed by atoms with van der Waals surface area (Å²) in [5, 5.41) is 0. The van der Waals surface area contributed by atoms with Crippen molar-refractivity contribution in [3.63, 3.8) is 0 Å². The average Bonchev–Trinajstić information content (AvgIpc) is 2.37. The predicted molar refractivity (Wildman–Crippen MR) is 81.4 cm³/mol. The van der Waals surface area contributed by atoms with Crippen LogP contribution in [0.25, 0.3) is 0 Å². The zero-order valence-corrected chi connectivity index (χ0v) is 12.4. The first-order valence-electron chi connectivity index (χ1n) is 6.22. The van der Waals surface area contributed by atoms with Crippen LogP contribution in [-0.4, -0.2) is 0 Å². The molecule has 2 rings (SSSR count). The fraction of sp³-hybridized carbons (Fsp3) is 0.294. The Morgan fingerprint density at radius 3 is 2.56 bits per heavy atom. The molecular weight excluding hydrogens is 284 g/mol. The molecule has 0 radical (unpaired) electrons. The summed E-state index contributed by atoms with van der Waals surface area (Å²) in [4.78, 5) is 0. The summed E-state index contributed by atoms with van der Waals surface area (Å²) < 4.78 is 1.01. The van der Waals surface area contributed by atoms with E-state index in [1.54, 1.807) is 0 Å². The van der Waals surface area contributed by atoms with E-state index < -0.39 is 0 Å². The van der Waals surface area contributed by atoms with Crippen molar-refractivity contribution in [1.82, 2.24) is 0 Å². The minimum atomic E-state index is 0.323. The maximum atomic E-state index is 3.59. The fourth-order valence-corrected chi connectivity index (χ4v) is 2.29. The Balaban J connectivity index is 2.18. The Hall–Kier alpha value is -1.26. The molecule has 1 aromatic rings. The van der Waals surface area contributed by atoms with Gasteiger partial charge in [-0.1, -0.05) is 56.0 Å². The van der Waals surface area contributed by atoms with E-state index in [9.17, 15) is 0 Å². The van der Waals surface area contributed by atoms with Crippen LogP contribution in [0.3, 0.4) is 0 Å². The maximum absolute atomic E-state index is 3.59. The van der Waals surface area contributed by atoms with Crippen LogP contribution in [0.5, 0.6) is 0 Å². The van der Waals surface area contributed by atoms with Gasteiger partial charge in [0.1, 0.15) is 0 Å². The minimum Gasteiger partial charge on any atom is -0.0785 e. The Morgan fingerprint density at radius 1 is 1.22 bits per heavy atom. The molecule has 0 saturated heterocycles. The lowest BCUT2D eigenvalue weighted by Crippen LogP contribution is -2.11. The molecule has 0 bridgehead atoms. The quantitative estimate of drug-likeness (QED) is 0.587. The van der Waals surface area contributed by atoms with Crippen molar-refractivity contribution in [3.05, 3.63) is 58.1 Å². The molecule has 1 aliphatic rings. The van der Waals surface area contributed by atoms with Gasteiger partial charge in [0, 0.05) is 5.56 Å². The maximum Gasteiger partial charge on any atom is 0.0709 e. The first-order chi connectivity index (χ1) is 8.57. The van der Waals surface area contributed by atoms with Crippen molar-refractivity contribution in [2.24, 2.45) is 5.41 Å². The Morgan fingerprint density at radius 2 is 1.94 bits per heavy atom. The highest BCUT2D eigenvalue weighted by atomic mass is 79.9. The topological polar surface area (TPSA) is 0 Å². The molecule has 0 amide bonds. The van der Waals surface area contributed by atoms with Gasteiger partial charge in [0.05, 0.1) is 4.48 Å². The number of hydrogen-bond acceptors (Lipinski definition) is 0. The van der Waals surface area contributed by atoms with Gasteiger partial charge >= 0.3 is 0 Å². The Labute approximate surface area is 118 Å². The van der Waals surface area contributed by atoms with E-state index in [1.807, 2.05) is 30.3 Å². The molecule has 0 unspecified atom stereocenters. The molecule has 0 aliphatic heterocycles. The zero-order chi connectivity index (χ0) is 13.0. The molecule has 0 spiro atoms. The average molecular weight is 301 g/mol. The van der Waals surface area contributed by atoms with Crippen molar-refractivity contribution in [2.75, 3.05) is 0 Å². The second-order valence-corrected chi connectivity index (χ2v) is 6.07. The molecule has 0 saturated carbocycles. The monoisotopic (exact) mass is 300 g/mol. The van der Waals surface area contributed by atoms with Crippen LogP contribution in [0.4, 0.5) is 0 Å². The van der Waals surface area contributed by atoms with Crippen LogP contribution in [0.15, 0.2) is 52.5 Å². The number of halogens is 1. The van der Waals surface area contributed by atoms with Gasteiger partial charge in [0.25, 0.3) is 0 Å². The van der Waals surface area contributed by atoms with Crippen molar-refractivity contribution in [1.29, 1.82) is 0 Å². The first-order valence-corrected chi connectivity index (χ1v) is 7.01. The lowest BCUT2D eigenvalue weighted by atomic mass is 9.81. The number of benzene rings is 1. The van der Waals surface area contributed by atoms with E-state index in [4.69, 9.17) is 0 Å². The second kappa shape index (κ2) is 5.59. The number of allylic oxidation sites excluding steroid dienone is 4. The largest absolute Gasteiger partial charge is 0.0785 e. The van der Waals surface area contributed by atoms with Gasteiger partial charge in [-0.25, -0.2) is 0 Å². The lowest BCUT2D eigenvalue weighted by Gasteiger charge is -2.24. The standard InChI is InChI=1S/C17H17Br/c1-17(2)12-10-15(11-13-17)16(18)9-8-14-6-4-3-5-7-14/h3-7,10,12H,11,13H2,1-2H3/b16-15-. The predicted octanol–water partition coefficient (Wildman–Crippen LogP) is 5.06. The number of rotatable bonds is 0. The van der Waals surface area contributed by atoms with E-state index in [1.165, 1.54) is 12.0 Å². The van der Waals surface area contributed by atoms with Gasteiger partial charge in [-0.05, 0) is 51.9 Å². The molecule has 0 fully saturated rings. The Kier molecular flexibility index (Phi) is 4.09. The van der Waals surface area contributed by atoms with Crippen LogP contribution in [-0.2, 0) is 0 Å². The minimum absolute atomic E-state index is 0.323. The highest BCUT2D eigenvalue weighted by Crippen LogP contribution is 2.33. The molecule has 1 aliphatic carbocycles. The van der Waals surface area contributed by atoms with E-state index in [-0.39, 0.29) is 0 Å². The van der Waals surface area contributed by atoms with Gasteiger partial charge < -0.3 is 0 Å². The summed E-state index contributed by atoms with van der Waals surface area (Å²) >= 11 is 3.59. The third-order valence-corrected chi connectivity index (χ3v) is 3.85. The van der Waals surface area contributed by atoms with E-state index in [0.717, 1.165) is 16.5 Å². The van der Waals surface area contributed by atoms with E-state index in [0.29, 0.717) is 5.41 Å². The third-order valence-electron chi connectivity index (χ3n) is 3.15. The van der Waals surface area contributed by atoms with Gasteiger partial charge in [0.2, 0.25) is 0 Å². The van der Waals surface area contributed by atoms with Crippen molar-refractivity contribution < 1.29 is 0 Å². The SMILES string of the molecule is CC1(C)C=C/C(=C(/Br)C#Cc2ccccc2)CC1. The molecule has 0 N–H and O–H groups in total. The Bertz CT molecular complexity index is 536. The van der Waals surface area contributed by atoms with Crippen LogP contribution in [0, 0.1) is 17.3 Å². The molecule has 0 aromatic heterocycles. The van der Waals surface area contributed by atoms with Crippen LogP contribution >= 0.6 is 15.9 Å². The second-order valence-electron chi connectivity index (χ2n) is 5.28. The van der Waals surface area contributed by atoms with Crippen LogP contribution < -0.4 is 0 Å². The lowest BCUT2D eigenvalue weighted by molar-refractivity contribution is 0.428. The summed E-state index contributed by atoms with van der Waals surface area (Å²) in [6.07, 6.45) is 6.75. The summed E-state index contributed by atoms with van der Waals surface area (Å²) in [5.74, 6) is 6.36. The van der Waals surface area contributed by atoms with Crippen molar-refractivity contribution >= 4 is 15.9 Å². The highest BCUT2D eigenvalue weighted by Gasteiger charge is 2.18. The van der Waals surface area contributed by atoms with Crippen LogP contribution in [0.2, 0.25) is 0 Å². The summed E-state index contributed by atoms with van der Waals surface area (Å²) in [5.41, 5.74) is 2.68. The van der Waals surface area contributed by atoms with E-state index >= 15 is 0 Å². The smallest absolute Gasteiger partial charge is 0.0709 e. The molecule has 1 aromatic carbocycles. The zero-order valence-electron chi connectivity index (χ0n) is 10.8. The van der Waals surface area contributed by atoms with Crippen molar-refractivity contribution in [2.45, 2.75) is 26.7 Å². The normalized spacial score (nSPS) is 19.9. The van der Waals surface area contributed by atoms with Crippen molar-refractivity contribution in [3.8, 4) is 11.8 Å². The first kappa shape index (κ1) is 13.2. The summed E-state index contributed by atoms with van der Waals surface area (Å²) in [6, 6.07) is 10.1.